The molecule has 27 heavy (non-hydrogen) atoms. The molecule has 2 aromatic rings. The van der Waals surface area contributed by atoms with Gasteiger partial charge in [0.15, 0.2) is 0 Å². The first-order chi connectivity index (χ1) is 12.9. The first kappa shape index (κ1) is 21.0. The van der Waals surface area contributed by atoms with Crippen LogP contribution >= 0.6 is 0 Å². The van der Waals surface area contributed by atoms with Crippen LogP contribution in [-0.4, -0.2) is 38.6 Å². The molecule has 1 unspecified atom stereocenters. The number of rotatable bonds is 7. The van der Waals surface area contributed by atoms with Crippen LogP contribution in [-0.2, 0) is 22.5 Å². The molecule has 0 aliphatic rings. The summed E-state index contributed by atoms with van der Waals surface area (Å²) in [5.74, 6) is 3.10. The Morgan fingerprint density at radius 1 is 1.00 bits per heavy atom. The lowest BCUT2D eigenvalue weighted by Crippen LogP contribution is -2.43. The second-order valence-corrected chi connectivity index (χ2v) is 12.4. The van der Waals surface area contributed by atoms with E-state index in [2.05, 4.69) is 48.1 Å². The van der Waals surface area contributed by atoms with E-state index in [1.165, 1.54) is 7.11 Å². The zero-order valence-electron chi connectivity index (χ0n) is 16.7. The van der Waals surface area contributed by atoms with Crippen molar-refractivity contribution in [2.75, 3.05) is 13.7 Å². The molecule has 0 saturated carbocycles. The van der Waals surface area contributed by atoms with E-state index in [1.54, 1.807) is 0 Å². The lowest BCUT2D eigenvalue weighted by molar-refractivity contribution is -0.147. The fourth-order valence-corrected chi connectivity index (χ4v) is 3.44. The number of hydrogen-bond acceptors (Lipinski definition) is 3. The van der Waals surface area contributed by atoms with Crippen molar-refractivity contribution in [3.8, 4) is 11.5 Å². The van der Waals surface area contributed by atoms with Crippen molar-refractivity contribution >= 4 is 14.0 Å². The monoisotopic (exact) mass is 379 g/mol. The molecule has 0 spiro atoms. The molecule has 0 bridgehead atoms. The molecule has 0 saturated heterocycles. The molecule has 3 nitrogen and oxygen atoms in total. The summed E-state index contributed by atoms with van der Waals surface area (Å²) in [5.41, 5.74) is 5.69. The van der Waals surface area contributed by atoms with Crippen LogP contribution in [0.3, 0.4) is 0 Å². The van der Waals surface area contributed by atoms with Gasteiger partial charge in [-0.25, -0.2) is 0 Å². The number of nitrogens with zero attached hydrogens (tertiary/aromatic N) is 1. The number of benzene rings is 2. The lowest BCUT2D eigenvalue weighted by atomic mass is 10.0. The summed E-state index contributed by atoms with van der Waals surface area (Å²) in [6, 6.07) is 19.9. The van der Waals surface area contributed by atoms with Crippen LogP contribution in [0.2, 0.25) is 19.6 Å². The number of methoxy groups -OCH3 is 1. The number of ether oxygens (including phenoxy) is 1. The molecule has 142 valence electrons. The maximum atomic E-state index is 12.6. The van der Waals surface area contributed by atoms with Crippen LogP contribution in [0, 0.1) is 11.5 Å². The van der Waals surface area contributed by atoms with Crippen molar-refractivity contribution in [3.05, 3.63) is 71.8 Å². The van der Waals surface area contributed by atoms with E-state index in [0.717, 1.165) is 11.1 Å². The van der Waals surface area contributed by atoms with Crippen LogP contribution in [0.15, 0.2) is 60.7 Å². The number of hydrogen-bond donors (Lipinski definition) is 0. The molecule has 0 aliphatic heterocycles. The molecule has 4 heteroatoms. The number of carbonyl (C=O) groups is 1. The van der Waals surface area contributed by atoms with Crippen molar-refractivity contribution in [2.45, 2.75) is 38.6 Å². The highest BCUT2D eigenvalue weighted by atomic mass is 28.3. The van der Waals surface area contributed by atoms with E-state index in [0.29, 0.717) is 19.5 Å². The minimum Gasteiger partial charge on any atom is -0.468 e. The predicted molar refractivity (Wildman–Crippen MR) is 114 cm³/mol. The highest BCUT2D eigenvalue weighted by Gasteiger charge is 2.27. The molecule has 0 amide bonds. The summed E-state index contributed by atoms with van der Waals surface area (Å²) in [4.78, 5) is 14.7. The first-order valence-electron chi connectivity index (χ1n) is 9.29. The Balaban J connectivity index is 2.29. The van der Waals surface area contributed by atoms with Crippen LogP contribution < -0.4 is 0 Å². The van der Waals surface area contributed by atoms with Gasteiger partial charge in [-0.15, -0.1) is 5.54 Å². The van der Waals surface area contributed by atoms with Gasteiger partial charge in [-0.3, -0.25) is 9.69 Å². The summed E-state index contributed by atoms with van der Waals surface area (Å²) >= 11 is 0. The molecule has 0 fully saturated rings. The summed E-state index contributed by atoms with van der Waals surface area (Å²) in [6.45, 7) is 7.88. The SMILES string of the molecule is COC(=O)C(Cc1ccccc1)N(CC#C[Si](C)(C)C)Cc1ccccc1. The first-order valence-corrected chi connectivity index (χ1v) is 12.8. The maximum Gasteiger partial charge on any atom is 0.323 e. The lowest BCUT2D eigenvalue weighted by Gasteiger charge is -2.28. The van der Waals surface area contributed by atoms with E-state index in [-0.39, 0.29) is 12.0 Å². The van der Waals surface area contributed by atoms with Crippen LogP contribution in [0.5, 0.6) is 0 Å². The van der Waals surface area contributed by atoms with Gasteiger partial charge in [0.2, 0.25) is 0 Å². The standard InChI is InChI=1S/C23H29NO2Si/c1-26-23(25)22(18-20-12-7-5-8-13-20)24(16-11-17-27(2,3)4)19-21-14-9-6-10-15-21/h5-10,12-15,22H,16,18-19H2,1-4H3. The van der Waals surface area contributed by atoms with E-state index in [9.17, 15) is 4.79 Å². The zero-order chi connectivity index (χ0) is 19.7. The van der Waals surface area contributed by atoms with Crippen molar-refractivity contribution in [2.24, 2.45) is 0 Å². The van der Waals surface area contributed by atoms with Crippen molar-refractivity contribution in [3.63, 3.8) is 0 Å². The Morgan fingerprint density at radius 3 is 2.07 bits per heavy atom. The molecule has 2 aromatic carbocycles. The van der Waals surface area contributed by atoms with Gasteiger partial charge in [0.1, 0.15) is 14.1 Å². The average molecular weight is 380 g/mol. The summed E-state index contributed by atoms with van der Waals surface area (Å²) in [7, 11) is -0.0113. The van der Waals surface area contributed by atoms with Crippen molar-refractivity contribution in [1.29, 1.82) is 0 Å². The quantitative estimate of drug-likeness (QED) is 0.411. The molecule has 0 N–H and O–H groups in total. The van der Waals surface area contributed by atoms with Crippen molar-refractivity contribution in [1.82, 2.24) is 4.90 Å². The Labute approximate surface area is 164 Å². The molecule has 0 aliphatic carbocycles. The molecule has 1 atom stereocenters. The highest BCUT2D eigenvalue weighted by Crippen LogP contribution is 2.14. The zero-order valence-corrected chi connectivity index (χ0v) is 17.7. The predicted octanol–water partition coefficient (Wildman–Crippen LogP) is 4.15. The molecule has 0 heterocycles. The largest absolute Gasteiger partial charge is 0.468 e. The van der Waals surface area contributed by atoms with Crippen molar-refractivity contribution < 1.29 is 9.53 Å². The van der Waals surface area contributed by atoms with Crippen LogP contribution in [0.4, 0.5) is 0 Å². The third-order valence-corrected chi connectivity index (χ3v) is 5.09. The maximum absolute atomic E-state index is 12.6. The van der Waals surface area contributed by atoms with Gasteiger partial charge < -0.3 is 4.74 Å². The number of esters is 1. The molecule has 2 rings (SSSR count). The second-order valence-electron chi connectivity index (χ2n) is 7.67. The molecule has 0 aromatic heterocycles. The van der Waals surface area contributed by atoms with Gasteiger partial charge in [-0.05, 0) is 17.5 Å². The summed E-state index contributed by atoms with van der Waals surface area (Å²) in [5, 5.41) is 0. The third kappa shape index (κ3) is 7.42. The molecular formula is C23H29NO2Si. The van der Waals surface area contributed by atoms with Crippen LogP contribution in [0.25, 0.3) is 0 Å². The van der Waals surface area contributed by atoms with Gasteiger partial charge in [-0.1, -0.05) is 86.2 Å². The van der Waals surface area contributed by atoms with E-state index >= 15 is 0 Å². The Kier molecular flexibility index (Phi) is 7.84. The van der Waals surface area contributed by atoms with E-state index in [4.69, 9.17) is 4.74 Å². The van der Waals surface area contributed by atoms with Gasteiger partial charge in [0.25, 0.3) is 0 Å². The Morgan fingerprint density at radius 2 is 1.56 bits per heavy atom. The molecular weight excluding hydrogens is 350 g/mol. The normalized spacial score (nSPS) is 12.2. The Hall–Kier alpha value is -2.35. The summed E-state index contributed by atoms with van der Waals surface area (Å²) in [6.07, 6.45) is 0.606. The Bertz CT molecular complexity index is 773. The highest BCUT2D eigenvalue weighted by molar-refractivity contribution is 6.83. The van der Waals surface area contributed by atoms with Gasteiger partial charge in [-0.2, -0.15) is 0 Å². The van der Waals surface area contributed by atoms with Gasteiger partial charge in [0, 0.05) is 6.54 Å². The van der Waals surface area contributed by atoms with E-state index in [1.807, 2.05) is 48.5 Å². The summed E-state index contributed by atoms with van der Waals surface area (Å²) < 4.78 is 5.13. The topological polar surface area (TPSA) is 29.5 Å². The fraction of sp³-hybridized carbons (Fsp3) is 0.348. The average Bonchev–Trinajstić information content (AvgIpc) is 2.65. The smallest absolute Gasteiger partial charge is 0.323 e. The van der Waals surface area contributed by atoms with Gasteiger partial charge >= 0.3 is 5.97 Å². The minimum absolute atomic E-state index is 0.218. The van der Waals surface area contributed by atoms with Crippen LogP contribution in [0.1, 0.15) is 11.1 Å². The minimum atomic E-state index is -1.46. The second kappa shape index (κ2) is 10.1. The third-order valence-electron chi connectivity index (χ3n) is 4.16. The van der Waals surface area contributed by atoms with E-state index < -0.39 is 8.07 Å². The number of carbonyl (C=O) groups excluding carboxylic acids is 1. The molecule has 0 radical (unpaired) electrons. The van der Waals surface area contributed by atoms with Gasteiger partial charge in [0.05, 0.1) is 13.7 Å². The fourth-order valence-electron chi connectivity index (χ4n) is 2.84.